The molecule has 0 unspecified atom stereocenters. The van der Waals surface area contributed by atoms with Crippen LogP contribution in [0.1, 0.15) is 11.8 Å². The summed E-state index contributed by atoms with van der Waals surface area (Å²) < 4.78 is 12.2. The number of fused-ring (bicyclic) bond motifs is 1. The number of anilines is 1. The lowest BCUT2D eigenvalue weighted by molar-refractivity contribution is -0.114. The molecule has 0 radical (unpaired) electrons. The summed E-state index contributed by atoms with van der Waals surface area (Å²) in [5.74, 6) is 0.695. The van der Waals surface area contributed by atoms with Gasteiger partial charge in [-0.15, -0.1) is 11.3 Å². The first-order valence-electron chi connectivity index (χ1n) is 10.1. The first-order chi connectivity index (χ1) is 14.7. The number of carbonyl (C=O) groups excluding carboxylic acids is 1. The van der Waals surface area contributed by atoms with Crippen molar-refractivity contribution in [3.8, 4) is 5.75 Å². The second-order valence-corrected chi connectivity index (χ2v) is 8.81. The minimum Gasteiger partial charge on any atom is -0.492 e. The summed E-state index contributed by atoms with van der Waals surface area (Å²) in [7, 11) is 0. The maximum absolute atomic E-state index is 13.1. The van der Waals surface area contributed by atoms with Crippen LogP contribution < -0.4 is 9.64 Å². The molecule has 0 aliphatic carbocycles. The summed E-state index contributed by atoms with van der Waals surface area (Å²) in [4.78, 5) is 23.1. The highest BCUT2D eigenvalue weighted by Gasteiger charge is 2.21. The Bertz CT molecular complexity index is 994. The van der Waals surface area contributed by atoms with Gasteiger partial charge in [-0.1, -0.05) is 23.5 Å². The van der Waals surface area contributed by atoms with E-state index in [1.807, 2.05) is 48.7 Å². The highest BCUT2D eigenvalue weighted by molar-refractivity contribution is 7.22. The van der Waals surface area contributed by atoms with Crippen molar-refractivity contribution in [2.45, 2.75) is 6.92 Å². The number of thiazole rings is 1. The lowest BCUT2D eigenvalue weighted by Gasteiger charge is -2.28. The summed E-state index contributed by atoms with van der Waals surface area (Å²) in [6.45, 7) is 7.17. The number of ether oxygens (including phenoxy) is 2. The maximum Gasteiger partial charge on any atom is 0.252 e. The molecular weight excluding hydrogens is 418 g/mol. The normalized spacial score (nSPS) is 15.1. The van der Waals surface area contributed by atoms with E-state index in [4.69, 9.17) is 14.5 Å². The van der Waals surface area contributed by atoms with Crippen LogP contribution in [0.4, 0.5) is 5.13 Å². The first-order valence-corrected chi connectivity index (χ1v) is 11.8. The Morgan fingerprint density at radius 1 is 1.30 bits per heavy atom. The van der Waals surface area contributed by atoms with Crippen molar-refractivity contribution in [3.05, 3.63) is 46.7 Å². The molecule has 0 N–H and O–H groups in total. The van der Waals surface area contributed by atoms with E-state index in [1.165, 1.54) is 11.3 Å². The van der Waals surface area contributed by atoms with E-state index in [-0.39, 0.29) is 5.91 Å². The van der Waals surface area contributed by atoms with Gasteiger partial charge in [-0.3, -0.25) is 14.6 Å². The molecule has 1 amide bonds. The molecule has 3 heterocycles. The second-order valence-electron chi connectivity index (χ2n) is 6.82. The predicted molar refractivity (Wildman–Crippen MR) is 124 cm³/mol. The van der Waals surface area contributed by atoms with Crippen molar-refractivity contribution in [2.75, 3.05) is 50.9 Å². The third-order valence-electron chi connectivity index (χ3n) is 4.84. The lowest BCUT2D eigenvalue weighted by atomic mass is 10.3. The number of carbonyl (C=O) groups is 1. The van der Waals surface area contributed by atoms with Crippen LogP contribution in [-0.2, 0) is 9.53 Å². The van der Waals surface area contributed by atoms with Crippen LogP contribution >= 0.6 is 22.7 Å². The monoisotopic (exact) mass is 443 g/mol. The molecule has 4 rings (SSSR count). The van der Waals surface area contributed by atoms with Gasteiger partial charge in [-0.05, 0) is 36.6 Å². The second kappa shape index (κ2) is 10.2. The van der Waals surface area contributed by atoms with Gasteiger partial charge in [0.1, 0.15) is 11.3 Å². The molecule has 8 heteroatoms. The number of aromatic nitrogens is 1. The maximum atomic E-state index is 13.1. The Morgan fingerprint density at radius 2 is 2.17 bits per heavy atom. The fourth-order valence-corrected chi connectivity index (χ4v) is 4.93. The summed E-state index contributed by atoms with van der Waals surface area (Å²) in [6.07, 6.45) is 3.51. The molecule has 6 nitrogen and oxygen atoms in total. The van der Waals surface area contributed by atoms with Crippen LogP contribution in [0.15, 0.2) is 41.8 Å². The van der Waals surface area contributed by atoms with Gasteiger partial charge in [-0.2, -0.15) is 0 Å². The minimum atomic E-state index is -0.0614. The van der Waals surface area contributed by atoms with Crippen molar-refractivity contribution in [3.63, 3.8) is 0 Å². The summed E-state index contributed by atoms with van der Waals surface area (Å²) >= 11 is 3.13. The summed E-state index contributed by atoms with van der Waals surface area (Å²) in [5.41, 5.74) is 0.811. The molecule has 30 heavy (non-hydrogen) atoms. The van der Waals surface area contributed by atoms with Gasteiger partial charge in [0.2, 0.25) is 0 Å². The molecule has 1 aromatic carbocycles. The van der Waals surface area contributed by atoms with E-state index in [2.05, 4.69) is 4.90 Å². The van der Waals surface area contributed by atoms with Crippen LogP contribution in [0.3, 0.4) is 0 Å². The average Bonchev–Trinajstić information content (AvgIpc) is 3.44. The number of nitrogens with zero attached hydrogens (tertiary/aromatic N) is 3. The highest BCUT2D eigenvalue weighted by atomic mass is 32.1. The standard InChI is InChI=1S/C22H25N3O3S2/c1-2-28-18-6-3-7-19-21(18)23-22(30-19)25(11-10-24-12-14-27-15-13-24)20(26)9-8-17-5-4-16-29-17/h3-9,16H,2,10-15H2,1H3/b9-8+. The number of amides is 1. The Morgan fingerprint density at radius 3 is 2.93 bits per heavy atom. The van der Waals surface area contributed by atoms with Crippen molar-refractivity contribution in [1.29, 1.82) is 0 Å². The van der Waals surface area contributed by atoms with Crippen molar-refractivity contribution in [2.24, 2.45) is 0 Å². The molecule has 2 aromatic heterocycles. The number of benzene rings is 1. The molecule has 0 atom stereocenters. The zero-order valence-corrected chi connectivity index (χ0v) is 18.6. The van der Waals surface area contributed by atoms with Crippen molar-refractivity contribution in [1.82, 2.24) is 9.88 Å². The van der Waals surface area contributed by atoms with Crippen LogP contribution in [-0.4, -0.2) is 61.8 Å². The lowest BCUT2D eigenvalue weighted by Crippen LogP contribution is -2.42. The quantitative estimate of drug-likeness (QED) is 0.490. The number of morpholine rings is 1. The minimum absolute atomic E-state index is 0.0614. The van der Waals surface area contributed by atoms with Gasteiger partial charge in [0, 0.05) is 37.1 Å². The molecule has 1 saturated heterocycles. The van der Waals surface area contributed by atoms with Crippen LogP contribution in [0, 0.1) is 0 Å². The molecule has 3 aromatic rings. The number of hydrogen-bond donors (Lipinski definition) is 0. The van der Waals surface area contributed by atoms with Gasteiger partial charge in [0.15, 0.2) is 5.13 Å². The zero-order valence-electron chi connectivity index (χ0n) is 17.0. The molecule has 1 fully saturated rings. The van der Waals surface area contributed by atoms with E-state index in [1.54, 1.807) is 22.3 Å². The Hall–Kier alpha value is -2.26. The molecule has 0 bridgehead atoms. The van der Waals surface area contributed by atoms with E-state index in [0.29, 0.717) is 18.3 Å². The molecular formula is C22H25N3O3S2. The van der Waals surface area contributed by atoms with Crippen LogP contribution in [0.2, 0.25) is 0 Å². The third-order valence-corrected chi connectivity index (χ3v) is 6.73. The molecule has 0 saturated carbocycles. The van der Waals surface area contributed by atoms with Gasteiger partial charge >= 0.3 is 0 Å². The van der Waals surface area contributed by atoms with Crippen LogP contribution in [0.5, 0.6) is 5.75 Å². The molecule has 1 aliphatic rings. The molecule has 1 aliphatic heterocycles. The van der Waals surface area contributed by atoms with Gasteiger partial charge in [0.25, 0.3) is 5.91 Å². The number of thiophene rings is 1. The SMILES string of the molecule is CCOc1cccc2sc(N(CCN3CCOCC3)C(=O)/C=C/c3cccs3)nc12. The summed E-state index contributed by atoms with van der Waals surface area (Å²) in [6, 6.07) is 9.88. The Balaban J connectivity index is 1.59. The zero-order chi connectivity index (χ0) is 20.8. The van der Waals surface area contributed by atoms with Crippen molar-refractivity contribution >= 4 is 50.0 Å². The van der Waals surface area contributed by atoms with Gasteiger partial charge in [0.05, 0.1) is 24.5 Å². The largest absolute Gasteiger partial charge is 0.492 e. The number of rotatable bonds is 8. The topological polar surface area (TPSA) is 54.9 Å². The number of hydrogen-bond acceptors (Lipinski definition) is 7. The fraction of sp³-hybridized carbons (Fsp3) is 0.364. The smallest absolute Gasteiger partial charge is 0.252 e. The first kappa shape index (κ1) is 21.0. The average molecular weight is 444 g/mol. The van der Waals surface area contributed by atoms with Crippen molar-refractivity contribution < 1.29 is 14.3 Å². The van der Waals surface area contributed by atoms with Gasteiger partial charge < -0.3 is 9.47 Å². The molecule has 0 spiro atoms. The predicted octanol–water partition coefficient (Wildman–Crippen LogP) is 4.14. The summed E-state index contributed by atoms with van der Waals surface area (Å²) in [5, 5.41) is 2.70. The highest BCUT2D eigenvalue weighted by Crippen LogP contribution is 2.34. The number of para-hydroxylation sites is 1. The van der Waals surface area contributed by atoms with E-state index < -0.39 is 0 Å². The van der Waals surface area contributed by atoms with Crippen LogP contribution in [0.25, 0.3) is 16.3 Å². The van der Waals surface area contributed by atoms with Gasteiger partial charge in [-0.25, -0.2) is 4.98 Å². The molecule has 158 valence electrons. The van der Waals surface area contributed by atoms with E-state index in [0.717, 1.165) is 53.7 Å². The Kier molecular flexibility index (Phi) is 7.11. The van der Waals surface area contributed by atoms with E-state index >= 15 is 0 Å². The third kappa shape index (κ3) is 5.07. The van der Waals surface area contributed by atoms with E-state index in [9.17, 15) is 4.79 Å². The fourth-order valence-electron chi connectivity index (χ4n) is 3.29. The Labute approximate surface area is 184 Å².